The van der Waals surface area contributed by atoms with Crippen molar-refractivity contribution in [3.8, 4) is 28.6 Å². The Morgan fingerprint density at radius 1 is 1.07 bits per heavy atom. The molecule has 6 rings (SSSR count). The van der Waals surface area contributed by atoms with Gasteiger partial charge in [0.1, 0.15) is 23.3 Å². The minimum absolute atomic E-state index is 0.0539. The van der Waals surface area contributed by atoms with Gasteiger partial charge in [0.25, 0.3) is 0 Å². The van der Waals surface area contributed by atoms with Crippen molar-refractivity contribution in [1.82, 2.24) is 40.2 Å². The number of urea groups is 1. The Kier molecular flexibility index (Phi) is 8.47. The van der Waals surface area contributed by atoms with Crippen molar-refractivity contribution < 1.29 is 4.79 Å². The van der Waals surface area contributed by atoms with Crippen molar-refractivity contribution in [2.75, 3.05) is 10.2 Å². The molecule has 0 unspecified atom stereocenters. The number of hydrogen-bond donors (Lipinski definition) is 3. The Morgan fingerprint density at radius 3 is 2.55 bits per heavy atom. The molecule has 0 atom stereocenters. The van der Waals surface area contributed by atoms with E-state index < -0.39 is 0 Å². The van der Waals surface area contributed by atoms with Crippen LogP contribution in [0.15, 0.2) is 73.4 Å². The van der Waals surface area contributed by atoms with Gasteiger partial charge in [-0.3, -0.25) is 14.7 Å². The van der Waals surface area contributed by atoms with E-state index in [0.717, 1.165) is 42.4 Å². The number of aromatic amines is 1. The molecule has 1 aromatic carbocycles. The molecule has 13 heteroatoms. The molecule has 0 spiro atoms. The number of nitrogens with one attached hydrogen (secondary N) is 3. The Morgan fingerprint density at radius 2 is 1.89 bits per heavy atom. The van der Waals surface area contributed by atoms with Crippen molar-refractivity contribution in [2.24, 2.45) is 7.05 Å². The van der Waals surface area contributed by atoms with Crippen LogP contribution in [-0.2, 0) is 13.6 Å². The van der Waals surface area contributed by atoms with Crippen molar-refractivity contribution >= 4 is 29.4 Å². The summed E-state index contributed by atoms with van der Waals surface area (Å²) < 4.78 is 1.75. The number of benzene rings is 1. The molecule has 1 saturated carbocycles. The lowest BCUT2D eigenvalue weighted by atomic mass is 9.90. The average Bonchev–Trinajstić information content (AvgIpc) is 3.69. The van der Waals surface area contributed by atoms with E-state index in [9.17, 15) is 10.1 Å². The molecule has 5 aromatic rings. The first kappa shape index (κ1) is 28.8. The summed E-state index contributed by atoms with van der Waals surface area (Å²) >= 11 is 6.24. The van der Waals surface area contributed by atoms with E-state index in [1.165, 1.54) is 12.4 Å². The average molecular weight is 608 g/mol. The number of carbonyl (C=O) groups is 1. The number of nitrogens with zero attached hydrogens (tertiary/aromatic N) is 8. The van der Waals surface area contributed by atoms with E-state index in [0.29, 0.717) is 40.3 Å². The summed E-state index contributed by atoms with van der Waals surface area (Å²) in [4.78, 5) is 29.1. The zero-order chi connectivity index (χ0) is 30.5. The number of rotatable bonds is 8. The van der Waals surface area contributed by atoms with Crippen LogP contribution in [-0.4, -0.2) is 53.0 Å². The van der Waals surface area contributed by atoms with Gasteiger partial charge in [-0.05, 0) is 43.4 Å². The lowest BCUT2D eigenvalue weighted by molar-refractivity contribution is 0.240. The Hall–Kier alpha value is -5.28. The van der Waals surface area contributed by atoms with Gasteiger partial charge in [-0.2, -0.15) is 15.5 Å². The molecule has 0 bridgehead atoms. The van der Waals surface area contributed by atoms with Crippen LogP contribution in [0.1, 0.15) is 36.8 Å². The lowest BCUT2D eigenvalue weighted by Gasteiger charge is -2.36. The number of anilines is 2. The second-order valence-electron chi connectivity index (χ2n) is 10.6. The van der Waals surface area contributed by atoms with E-state index in [4.69, 9.17) is 16.6 Å². The van der Waals surface area contributed by atoms with Crippen molar-refractivity contribution in [3.05, 3.63) is 89.6 Å². The Balaban J connectivity index is 1.17. The number of H-pyrrole nitrogens is 1. The molecule has 0 aliphatic heterocycles. The number of amides is 2. The van der Waals surface area contributed by atoms with E-state index in [2.05, 4.69) is 42.0 Å². The van der Waals surface area contributed by atoms with E-state index in [1.807, 2.05) is 55.7 Å². The Labute approximate surface area is 259 Å². The zero-order valence-corrected chi connectivity index (χ0v) is 24.7. The minimum Gasteiger partial charge on any atom is -0.351 e. The highest BCUT2D eigenvalue weighted by Gasteiger charge is 2.31. The topological polar surface area (TPSA) is 153 Å². The van der Waals surface area contributed by atoms with Crippen LogP contribution < -0.4 is 15.5 Å². The second-order valence-corrected chi connectivity index (χ2v) is 11.0. The third-order valence-corrected chi connectivity index (χ3v) is 7.96. The number of nitriles is 1. The van der Waals surface area contributed by atoms with Crippen LogP contribution in [0.2, 0.25) is 5.02 Å². The zero-order valence-electron chi connectivity index (χ0n) is 24.0. The molecule has 2 amide bonds. The van der Waals surface area contributed by atoms with Gasteiger partial charge in [0, 0.05) is 49.2 Å². The van der Waals surface area contributed by atoms with Crippen LogP contribution >= 0.6 is 11.6 Å². The quantitative estimate of drug-likeness (QED) is 0.214. The number of pyridine rings is 1. The first-order chi connectivity index (χ1) is 21.5. The molecular formula is C31H30ClN11O. The number of aromatic nitrogens is 7. The van der Waals surface area contributed by atoms with Gasteiger partial charge in [0.05, 0.1) is 29.2 Å². The van der Waals surface area contributed by atoms with Crippen LogP contribution in [0.25, 0.3) is 22.5 Å². The summed E-state index contributed by atoms with van der Waals surface area (Å²) in [6.45, 7) is 0.416. The summed E-state index contributed by atoms with van der Waals surface area (Å²) in [5.74, 6) is 0.995. The maximum absolute atomic E-state index is 13.7. The fraction of sp³-hybridized carbons (Fsp3) is 0.258. The van der Waals surface area contributed by atoms with Gasteiger partial charge >= 0.3 is 6.03 Å². The predicted molar refractivity (Wildman–Crippen MR) is 167 cm³/mol. The van der Waals surface area contributed by atoms with Gasteiger partial charge in [-0.1, -0.05) is 41.9 Å². The maximum atomic E-state index is 13.7. The van der Waals surface area contributed by atoms with Crippen molar-refractivity contribution in [1.29, 1.82) is 5.26 Å². The molecule has 0 radical (unpaired) electrons. The molecule has 44 heavy (non-hydrogen) atoms. The number of carbonyl (C=O) groups excluding carboxylic acids is 1. The van der Waals surface area contributed by atoms with Gasteiger partial charge in [-0.15, -0.1) is 0 Å². The number of hydrogen-bond acceptors (Lipinski definition) is 8. The molecule has 12 nitrogen and oxygen atoms in total. The Bertz CT molecular complexity index is 1770. The summed E-state index contributed by atoms with van der Waals surface area (Å²) in [5.41, 5.74) is 4.06. The molecule has 1 aliphatic carbocycles. The molecule has 4 heterocycles. The highest BCUT2D eigenvalue weighted by atomic mass is 35.5. The van der Waals surface area contributed by atoms with Crippen LogP contribution in [0.5, 0.6) is 0 Å². The van der Waals surface area contributed by atoms with Gasteiger partial charge < -0.3 is 10.6 Å². The molecule has 3 N–H and O–H groups in total. The predicted octanol–water partition coefficient (Wildman–Crippen LogP) is 5.33. The molecule has 1 fully saturated rings. The van der Waals surface area contributed by atoms with Crippen LogP contribution in [0, 0.1) is 11.3 Å². The van der Waals surface area contributed by atoms with E-state index >= 15 is 0 Å². The van der Waals surface area contributed by atoms with E-state index in [-0.39, 0.29) is 18.1 Å². The highest BCUT2D eigenvalue weighted by molar-refractivity contribution is 6.32. The first-order valence-electron chi connectivity index (χ1n) is 14.3. The van der Waals surface area contributed by atoms with Crippen molar-refractivity contribution in [3.63, 3.8) is 0 Å². The van der Waals surface area contributed by atoms with Gasteiger partial charge in [0.2, 0.25) is 5.95 Å². The monoisotopic (exact) mass is 607 g/mol. The fourth-order valence-electron chi connectivity index (χ4n) is 5.41. The molecule has 0 saturated heterocycles. The third-order valence-electron chi connectivity index (χ3n) is 7.67. The number of halogens is 1. The van der Waals surface area contributed by atoms with Crippen LogP contribution in [0.4, 0.5) is 16.6 Å². The maximum Gasteiger partial charge on any atom is 0.323 e. The summed E-state index contributed by atoms with van der Waals surface area (Å²) in [5, 5.41) is 27.4. The smallest absolute Gasteiger partial charge is 0.323 e. The molecule has 1 aliphatic rings. The molecular weight excluding hydrogens is 578 g/mol. The van der Waals surface area contributed by atoms with Crippen molar-refractivity contribution in [2.45, 2.75) is 44.3 Å². The number of aryl methyl sites for hydroxylation is 1. The fourth-order valence-corrected chi connectivity index (χ4v) is 5.59. The normalized spacial score (nSPS) is 16.2. The summed E-state index contributed by atoms with van der Waals surface area (Å²) in [7, 11) is 1.87. The van der Waals surface area contributed by atoms with Gasteiger partial charge in [-0.25, -0.2) is 19.7 Å². The summed E-state index contributed by atoms with van der Waals surface area (Å²) in [6.07, 6.45) is 11.5. The van der Waals surface area contributed by atoms with Crippen LogP contribution in [0.3, 0.4) is 0 Å². The lowest BCUT2D eigenvalue weighted by Crippen LogP contribution is -2.49. The SMILES string of the molecule is Cn1cc(-c2ccc(N(C(=O)NCc3ccccc3)[C@H]3CC[C@H](Nc4ncc(C#N)c(-c5[nH]ncc5Cl)n4)CC3)nc2)cn1. The third kappa shape index (κ3) is 6.38. The molecule has 222 valence electrons. The largest absolute Gasteiger partial charge is 0.351 e. The highest BCUT2D eigenvalue weighted by Crippen LogP contribution is 2.31. The minimum atomic E-state index is -0.191. The summed E-state index contributed by atoms with van der Waals surface area (Å²) in [6, 6.07) is 15.6. The standard InChI is InChI=1S/C31H30ClN11O/c1-42-19-23(17-38-42)21-7-12-27(34-15-21)43(31(44)36-14-20-5-3-2-4-6-20)25-10-8-24(9-11-25)39-30-35-16-22(13-33)28(40-30)29-26(32)18-37-41-29/h2-7,12,15-19,24-25H,8-11,14H2,1H3,(H,36,44)(H,37,41)(H,35,39,40)/t24-,25-. The van der Waals surface area contributed by atoms with E-state index in [1.54, 1.807) is 22.0 Å². The second kappa shape index (κ2) is 12.9. The molecule has 4 aromatic heterocycles. The first-order valence-corrected chi connectivity index (χ1v) is 14.6. The van der Waals surface area contributed by atoms with Gasteiger partial charge in [0.15, 0.2) is 0 Å².